The zero-order valence-electron chi connectivity index (χ0n) is 9.57. The maximum Gasteiger partial charge on any atom is 0.333 e. The summed E-state index contributed by atoms with van der Waals surface area (Å²) in [5.74, 6) is 5.69. The molecule has 4 heteroatoms. The van der Waals surface area contributed by atoms with Gasteiger partial charge in [-0.3, -0.25) is 0 Å². The highest BCUT2D eigenvalue weighted by Crippen LogP contribution is 2.31. The molecule has 0 saturated heterocycles. The lowest BCUT2D eigenvalue weighted by molar-refractivity contribution is -0.475. The summed E-state index contributed by atoms with van der Waals surface area (Å²) < 4.78 is 5.05. The number of hydrogen-bond donors (Lipinski definition) is 1. The number of methoxy groups -OCH3 is 1. The number of benzene rings is 1. The van der Waals surface area contributed by atoms with Crippen molar-refractivity contribution in [3.63, 3.8) is 0 Å². The second-order valence-corrected chi connectivity index (χ2v) is 4.46. The molecule has 0 atom stereocenters. The molecular formula is C11H17N2O2+. The molecule has 0 spiro atoms. The van der Waals surface area contributed by atoms with Gasteiger partial charge in [-0.15, -0.1) is 0 Å². The minimum Gasteiger partial charge on any atom is -0.490 e. The van der Waals surface area contributed by atoms with Crippen molar-refractivity contribution in [3.05, 3.63) is 28.7 Å². The van der Waals surface area contributed by atoms with Crippen molar-refractivity contribution in [2.24, 2.45) is 5.84 Å². The van der Waals surface area contributed by atoms with E-state index >= 15 is 0 Å². The molecule has 0 heterocycles. The average molecular weight is 209 g/mol. The van der Waals surface area contributed by atoms with Crippen molar-refractivity contribution < 1.29 is 9.61 Å². The van der Waals surface area contributed by atoms with Gasteiger partial charge in [0.15, 0.2) is 10.6 Å². The van der Waals surface area contributed by atoms with E-state index in [4.69, 9.17) is 10.6 Å². The summed E-state index contributed by atoms with van der Waals surface area (Å²) in [4.78, 5) is 11.4. The highest BCUT2D eigenvalue weighted by atomic mass is 16.5. The van der Waals surface area contributed by atoms with Crippen LogP contribution in [0, 0.1) is 4.91 Å². The van der Waals surface area contributed by atoms with Gasteiger partial charge in [0.1, 0.15) is 0 Å². The van der Waals surface area contributed by atoms with E-state index < -0.39 is 0 Å². The molecule has 1 aromatic rings. The molecule has 0 aromatic heterocycles. The first-order chi connectivity index (χ1) is 6.86. The van der Waals surface area contributed by atoms with Crippen molar-refractivity contribution in [3.8, 4) is 5.75 Å². The molecule has 0 amide bonds. The van der Waals surface area contributed by atoms with E-state index in [0.717, 1.165) is 5.56 Å². The molecule has 0 saturated carbocycles. The highest BCUT2D eigenvalue weighted by Gasteiger charge is 2.22. The fourth-order valence-electron chi connectivity index (χ4n) is 1.33. The van der Waals surface area contributed by atoms with E-state index in [-0.39, 0.29) is 5.41 Å². The summed E-state index contributed by atoms with van der Waals surface area (Å²) in [6.07, 6.45) is 0. The molecule has 2 N–H and O–H groups in total. The predicted octanol–water partition coefficient (Wildman–Crippen LogP) is 2.28. The molecule has 1 rings (SSSR count). The summed E-state index contributed by atoms with van der Waals surface area (Å²) in [6, 6.07) is 5.45. The van der Waals surface area contributed by atoms with E-state index in [1.165, 1.54) is 7.11 Å². The third kappa shape index (κ3) is 2.46. The van der Waals surface area contributed by atoms with Crippen LogP contribution in [-0.4, -0.2) is 12.0 Å². The molecular weight excluding hydrogens is 192 g/mol. The van der Waals surface area contributed by atoms with E-state index in [0.29, 0.717) is 16.3 Å². The number of nitrogens with zero attached hydrogens (tertiary/aromatic N) is 1. The van der Waals surface area contributed by atoms with Gasteiger partial charge >= 0.3 is 5.69 Å². The number of rotatable bonds is 2. The van der Waals surface area contributed by atoms with E-state index in [1.807, 2.05) is 6.07 Å². The normalized spacial score (nSPS) is 11.2. The predicted molar refractivity (Wildman–Crippen MR) is 59.2 cm³/mol. The van der Waals surface area contributed by atoms with Crippen LogP contribution in [0.3, 0.4) is 0 Å². The zero-order chi connectivity index (χ0) is 11.6. The second kappa shape index (κ2) is 3.88. The minimum atomic E-state index is -0.0168. The number of hydrogen-bond acceptors (Lipinski definition) is 2. The van der Waals surface area contributed by atoms with Crippen molar-refractivity contribution >= 4 is 5.69 Å². The lowest BCUT2D eigenvalue weighted by Crippen LogP contribution is -2.14. The third-order valence-electron chi connectivity index (χ3n) is 2.28. The smallest absolute Gasteiger partial charge is 0.333 e. The molecule has 0 aliphatic rings. The summed E-state index contributed by atoms with van der Waals surface area (Å²) >= 11 is 0. The fraction of sp³-hybridized carbons (Fsp3) is 0.455. The topological polar surface area (TPSA) is 55.3 Å². The van der Waals surface area contributed by atoms with Crippen LogP contribution in [-0.2, 0) is 5.41 Å². The monoisotopic (exact) mass is 209 g/mol. The molecule has 0 aliphatic carbocycles. The van der Waals surface area contributed by atoms with Crippen LogP contribution in [0.1, 0.15) is 26.3 Å². The van der Waals surface area contributed by atoms with E-state index in [9.17, 15) is 4.91 Å². The average Bonchev–Trinajstić information content (AvgIpc) is 2.15. The Bertz CT molecular complexity index is 381. The van der Waals surface area contributed by atoms with Gasteiger partial charge in [-0.2, -0.15) is 5.84 Å². The molecule has 4 nitrogen and oxygen atoms in total. The van der Waals surface area contributed by atoms with Crippen LogP contribution in [0.2, 0.25) is 0 Å². The number of hydrazine groups is 1. The summed E-state index contributed by atoms with van der Waals surface area (Å²) in [7, 11) is 1.51. The Morgan fingerprint density at radius 1 is 1.33 bits per heavy atom. The molecule has 0 unspecified atom stereocenters. The first-order valence-electron chi connectivity index (χ1n) is 4.76. The Kier molecular flexibility index (Phi) is 2.98. The maximum atomic E-state index is 11.1. The molecule has 0 radical (unpaired) electrons. The van der Waals surface area contributed by atoms with Crippen LogP contribution in [0.15, 0.2) is 18.2 Å². The highest BCUT2D eigenvalue weighted by molar-refractivity contribution is 5.49. The molecule has 0 aliphatic heterocycles. The second-order valence-electron chi connectivity index (χ2n) is 4.46. The molecule has 0 fully saturated rings. The van der Waals surface area contributed by atoms with Crippen LogP contribution in [0.25, 0.3) is 0 Å². The van der Waals surface area contributed by atoms with Crippen molar-refractivity contribution in [1.82, 2.24) is 0 Å². The molecule has 1 aromatic carbocycles. The molecule has 82 valence electrons. The summed E-state index contributed by atoms with van der Waals surface area (Å²) in [5, 5.41) is 0. The Morgan fingerprint density at radius 2 is 1.93 bits per heavy atom. The quantitative estimate of drug-likeness (QED) is 0.462. The van der Waals surface area contributed by atoms with Gasteiger partial charge < -0.3 is 4.74 Å². The van der Waals surface area contributed by atoms with Crippen molar-refractivity contribution in [1.29, 1.82) is 0 Å². The third-order valence-corrected chi connectivity index (χ3v) is 2.28. The first kappa shape index (κ1) is 11.5. The van der Waals surface area contributed by atoms with Crippen molar-refractivity contribution in [2.75, 3.05) is 7.11 Å². The van der Waals surface area contributed by atoms with Gasteiger partial charge in [0, 0.05) is 6.07 Å². The number of nitroso groups, excluding NO2 is 1. The standard InChI is InChI=1S/C11H17N2O2/c1-11(2,3)8-5-6-10(15-4)9(7-8)13(12)14/h5-7H,1-4H3,(H2,12,14)/q+1. The van der Waals surface area contributed by atoms with Crippen molar-refractivity contribution in [2.45, 2.75) is 26.2 Å². The lowest BCUT2D eigenvalue weighted by Gasteiger charge is -2.18. The van der Waals surface area contributed by atoms with Crippen LogP contribution < -0.4 is 10.6 Å². The van der Waals surface area contributed by atoms with Gasteiger partial charge in [0.2, 0.25) is 0 Å². The SMILES string of the molecule is COc1ccc(C(C)(C)C)cc1[N+](N)=O. The summed E-state index contributed by atoms with van der Waals surface area (Å²) in [6.45, 7) is 6.22. The Morgan fingerprint density at radius 3 is 2.33 bits per heavy atom. The largest absolute Gasteiger partial charge is 0.490 e. The Balaban J connectivity index is 3.28. The Labute approximate surface area is 89.6 Å². The van der Waals surface area contributed by atoms with Crippen LogP contribution in [0.4, 0.5) is 5.69 Å². The molecule has 0 bridgehead atoms. The minimum absolute atomic E-state index is 0.0168. The number of ether oxygens (including phenoxy) is 1. The van der Waals surface area contributed by atoms with Gasteiger partial charge in [-0.1, -0.05) is 26.8 Å². The van der Waals surface area contributed by atoms with Crippen LogP contribution >= 0.6 is 0 Å². The Hall–Kier alpha value is -1.58. The van der Waals surface area contributed by atoms with Gasteiger partial charge in [-0.25, -0.2) is 0 Å². The zero-order valence-corrected chi connectivity index (χ0v) is 9.57. The van der Waals surface area contributed by atoms with E-state index in [2.05, 4.69) is 20.8 Å². The first-order valence-corrected chi connectivity index (χ1v) is 4.76. The van der Waals surface area contributed by atoms with Gasteiger partial charge in [0.05, 0.1) is 12.0 Å². The number of nitrogens with two attached hydrogens (primary N) is 1. The molecule has 15 heavy (non-hydrogen) atoms. The maximum absolute atomic E-state index is 11.1. The summed E-state index contributed by atoms with van der Waals surface area (Å²) in [5.41, 5.74) is 1.38. The lowest BCUT2D eigenvalue weighted by atomic mass is 9.87. The fourth-order valence-corrected chi connectivity index (χ4v) is 1.33. The van der Waals surface area contributed by atoms with E-state index in [1.54, 1.807) is 12.1 Å². The van der Waals surface area contributed by atoms with Gasteiger partial charge in [0.25, 0.3) is 0 Å². The van der Waals surface area contributed by atoms with Crippen LogP contribution in [0.5, 0.6) is 5.75 Å². The van der Waals surface area contributed by atoms with Gasteiger partial charge in [-0.05, 0) is 17.0 Å².